The van der Waals surface area contributed by atoms with Crippen LogP contribution in [0.25, 0.3) is 0 Å². The quantitative estimate of drug-likeness (QED) is 0.559. The highest BCUT2D eigenvalue weighted by atomic mass is 79.9. The molecule has 2 heteroatoms. The van der Waals surface area contributed by atoms with Crippen LogP contribution in [0.4, 0.5) is 0 Å². The van der Waals surface area contributed by atoms with Crippen molar-refractivity contribution in [3.05, 3.63) is 0 Å². The lowest BCUT2D eigenvalue weighted by Gasteiger charge is -1.88. The Morgan fingerprint density at radius 1 is 1.14 bits per heavy atom. The lowest BCUT2D eigenvalue weighted by molar-refractivity contribution is 0.834. The first-order chi connectivity index (χ1) is 3.07. The van der Waals surface area contributed by atoms with E-state index in [2.05, 4.69) is 45.7 Å². The SMILES string of the molecule is C[C@@H]1[C@@H](C)C1(Br)Br. The Morgan fingerprint density at radius 3 is 1.29 bits per heavy atom. The maximum absolute atomic E-state index is 3.53. The van der Waals surface area contributed by atoms with E-state index < -0.39 is 0 Å². The Hall–Kier alpha value is 0.960. The molecule has 0 saturated heterocycles. The van der Waals surface area contributed by atoms with E-state index in [1.807, 2.05) is 0 Å². The summed E-state index contributed by atoms with van der Waals surface area (Å²) >= 11 is 7.07. The highest BCUT2D eigenvalue weighted by Gasteiger charge is 2.55. The van der Waals surface area contributed by atoms with Crippen LogP contribution in [0.5, 0.6) is 0 Å². The number of hydrogen-bond acceptors (Lipinski definition) is 0. The van der Waals surface area contributed by atoms with Gasteiger partial charge in [0.2, 0.25) is 0 Å². The van der Waals surface area contributed by atoms with E-state index >= 15 is 0 Å². The Labute approximate surface area is 60.9 Å². The van der Waals surface area contributed by atoms with Crippen molar-refractivity contribution in [2.75, 3.05) is 0 Å². The molecule has 1 rings (SSSR count). The molecule has 0 radical (unpaired) electrons. The van der Waals surface area contributed by atoms with Gasteiger partial charge in [-0.15, -0.1) is 0 Å². The van der Waals surface area contributed by atoms with Gasteiger partial charge in [-0.25, -0.2) is 0 Å². The van der Waals surface area contributed by atoms with E-state index in [0.717, 1.165) is 11.8 Å². The molecule has 1 aliphatic rings. The lowest BCUT2D eigenvalue weighted by atomic mass is 10.4. The molecule has 1 saturated carbocycles. The van der Waals surface area contributed by atoms with E-state index in [4.69, 9.17) is 0 Å². The van der Waals surface area contributed by atoms with Crippen molar-refractivity contribution >= 4 is 31.9 Å². The molecule has 0 nitrogen and oxygen atoms in total. The minimum Gasteiger partial charge on any atom is -0.0721 e. The van der Waals surface area contributed by atoms with Crippen LogP contribution in [0.15, 0.2) is 0 Å². The van der Waals surface area contributed by atoms with E-state index in [1.165, 1.54) is 0 Å². The average molecular weight is 228 g/mol. The monoisotopic (exact) mass is 226 g/mol. The van der Waals surface area contributed by atoms with Crippen LogP contribution < -0.4 is 0 Å². The smallest absolute Gasteiger partial charge is 0.0721 e. The van der Waals surface area contributed by atoms with Crippen LogP contribution in [-0.4, -0.2) is 3.23 Å². The van der Waals surface area contributed by atoms with Crippen molar-refractivity contribution in [3.8, 4) is 0 Å². The van der Waals surface area contributed by atoms with Crippen LogP contribution in [-0.2, 0) is 0 Å². The molecule has 0 spiro atoms. The highest BCUT2D eigenvalue weighted by Crippen LogP contribution is 2.61. The third kappa shape index (κ3) is 0.765. The molecule has 0 aliphatic heterocycles. The summed E-state index contributed by atoms with van der Waals surface area (Å²) in [6, 6.07) is 0. The van der Waals surface area contributed by atoms with Crippen molar-refractivity contribution in [3.63, 3.8) is 0 Å². The first-order valence-electron chi connectivity index (χ1n) is 2.44. The molecule has 0 N–H and O–H groups in total. The van der Waals surface area contributed by atoms with Crippen molar-refractivity contribution in [2.45, 2.75) is 17.1 Å². The molecule has 0 bridgehead atoms. The Kier molecular flexibility index (Phi) is 1.28. The third-order valence-electron chi connectivity index (χ3n) is 1.86. The summed E-state index contributed by atoms with van der Waals surface area (Å²) in [6.45, 7) is 4.46. The molecule has 1 aliphatic carbocycles. The second-order valence-electron chi connectivity index (χ2n) is 2.25. The summed E-state index contributed by atoms with van der Waals surface area (Å²) in [7, 11) is 0. The van der Waals surface area contributed by atoms with Gasteiger partial charge in [-0.3, -0.25) is 0 Å². The molecule has 7 heavy (non-hydrogen) atoms. The summed E-state index contributed by atoms with van der Waals surface area (Å²) in [6.07, 6.45) is 0. The van der Waals surface area contributed by atoms with Gasteiger partial charge in [0.1, 0.15) is 0 Å². The number of rotatable bonds is 0. The van der Waals surface area contributed by atoms with E-state index in [9.17, 15) is 0 Å². The highest BCUT2D eigenvalue weighted by molar-refractivity contribution is 9.25. The summed E-state index contributed by atoms with van der Waals surface area (Å²) in [5, 5.41) is 0. The van der Waals surface area contributed by atoms with Gasteiger partial charge in [0.05, 0.1) is 3.23 Å². The summed E-state index contributed by atoms with van der Waals surface area (Å²) in [5.41, 5.74) is 0. The van der Waals surface area contributed by atoms with Crippen molar-refractivity contribution < 1.29 is 0 Å². The summed E-state index contributed by atoms with van der Waals surface area (Å²) < 4.78 is 0.292. The van der Waals surface area contributed by atoms with Crippen molar-refractivity contribution in [2.24, 2.45) is 11.8 Å². The van der Waals surface area contributed by atoms with Gasteiger partial charge in [-0.05, 0) is 11.8 Å². The third-order valence-corrected chi connectivity index (χ3v) is 4.74. The van der Waals surface area contributed by atoms with Gasteiger partial charge in [-0.2, -0.15) is 0 Å². The van der Waals surface area contributed by atoms with Crippen LogP contribution in [0.2, 0.25) is 0 Å². The maximum atomic E-state index is 3.53. The second-order valence-corrected chi connectivity index (χ2v) is 5.94. The Bertz CT molecular complexity index is 78.1. The predicted molar refractivity (Wildman–Crippen MR) is 38.9 cm³/mol. The lowest BCUT2D eigenvalue weighted by Crippen LogP contribution is -1.82. The summed E-state index contributed by atoms with van der Waals surface area (Å²) in [5.74, 6) is 1.60. The largest absolute Gasteiger partial charge is 0.0862 e. The molecular weight excluding hydrogens is 220 g/mol. The first kappa shape index (κ1) is 6.09. The minimum atomic E-state index is 0.292. The Balaban J connectivity index is 2.52. The molecule has 0 aromatic carbocycles. The van der Waals surface area contributed by atoms with Crippen LogP contribution in [0.3, 0.4) is 0 Å². The minimum absolute atomic E-state index is 0.292. The van der Waals surface area contributed by atoms with E-state index in [0.29, 0.717) is 3.23 Å². The molecule has 0 aromatic rings. The zero-order valence-electron chi connectivity index (χ0n) is 4.41. The van der Waals surface area contributed by atoms with Gasteiger partial charge in [0.15, 0.2) is 0 Å². The van der Waals surface area contributed by atoms with Gasteiger partial charge in [-0.1, -0.05) is 45.7 Å². The molecule has 0 aromatic heterocycles. The fraction of sp³-hybridized carbons (Fsp3) is 1.00. The molecule has 2 atom stereocenters. The molecule has 42 valence electrons. The summed E-state index contributed by atoms with van der Waals surface area (Å²) in [4.78, 5) is 0. The van der Waals surface area contributed by atoms with Crippen LogP contribution in [0, 0.1) is 11.8 Å². The van der Waals surface area contributed by atoms with E-state index in [-0.39, 0.29) is 0 Å². The van der Waals surface area contributed by atoms with Gasteiger partial charge in [0, 0.05) is 0 Å². The van der Waals surface area contributed by atoms with Crippen molar-refractivity contribution in [1.29, 1.82) is 0 Å². The predicted octanol–water partition coefficient (Wildman–Crippen LogP) is 2.76. The number of halogens is 2. The standard InChI is InChI=1S/C5H8Br2/c1-3-4(2)5(3,6)7/h3-4H,1-2H3/t3-,4-/m1/s1. The van der Waals surface area contributed by atoms with E-state index in [1.54, 1.807) is 0 Å². The van der Waals surface area contributed by atoms with Crippen molar-refractivity contribution in [1.82, 2.24) is 0 Å². The molecular formula is C5H8Br2. The molecule has 0 amide bonds. The number of alkyl halides is 2. The first-order valence-corrected chi connectivity index (χ1v) is 4.03. The zero-order chi connectivity index (χ0) is 5.65. The number of hydrogen-bond donors (Lipinski definition) is 0. The maximum Gasteiger partial charge on any atom is 0.0862 e. The van der Waals surface area contributed by atoms with Crippen LogP contribution >= 0.6 is 31.9 Å². The molecule has 0 heterocycles. The normalized spacial score (nSPS) is 46.3. The fourth-order valence-corrected chi connectivity index (χ4v) is 2.00. The topological polar surface area (TPSA) is 0 Å². The van der Waals surface area contributed by atoms with Gasteiger partial charge >= 0.3 is 0 Å². The fourth-order valence-electron chi connectivity index (χ4n) is 0.674. The Morgan fingerprint density at radius 2 is 1.29 bits per heavy atom. The van der Waals surface area contributed by atoms with Gasteiger partial charge in [0.25, 0.3) is 0 Å². The zero-order valence-corrected chi connectivity index (χ0v) is 7.58. The second kappa shape index (κ2) is 1.47. The molecule has 1 fully saturated rings. The molecule has 0 unspecified atom stereocenters. The average Bonchev–Trinajstić information content (AvgIpc) is 1.91. The van der Waals surface area contributed by atoms with Crippen LogP contribution in [0.1, 0.15) is 13.8 Å². The van der Waals surface area contributed by atoms with Gasteiger partial charge < -0.3 is 0 Å².